The first-order chi connectivity index (χ1) is 10.1. The number of carbonyl (C=O) groups excluding carboxylic acids is 1. The predicted molar refractivity (Wildman–Crippen MR) is 74.8 cm³/mol. The number of aryl methyl sites for hydroxylation is 1. The van der Waals surface area contributed by atoms with Crippen molar-refractivity contribution in [2.24, 2.45) is 7.05 Å². The number of amides is 2. The van der Waals surface area contributed by atoms with Crippen LogP contribution in [0.5, 0.6) is 0 Å². The molecule has 0 spiro atoms. The molecule has 1 aromatic heterocycles. The monoisotopic (exact) mass is 292 g/mol. The van der Waals surface area contributed by atoms with Crippen LogP contribution in [0.25, 0.3) is 0 Å². The van der Waals surface area contributed by atoms with Gasteiger partial charge in [0.25, 0.3) is 0 Å². The SMILES string of the molecule is Cn1nccc1CNC(=O)NCC(O)c1ccccc1F. The van der Waals surface area contributed by atoms with E-state index in [1.165, 1.54) is 12.1 Å². The summed E-state index contributed by atoms with van der Waals surface area (Å²) in [6.45, 7) is 0.246. The Balaban J connectivity index is 1.79. The molecule has 0 aliphatic rings. The van der Waals surface area contributed by atoms with Crippen molar-refractivity contribution in [3.8, 4) is 0 Å². The van der Waals surface area contributed by atoms with Crippen molar-refractivity contribution in [3.05, 3.63) is 53.6 Å². The third kappa shape index (κ3) is 4.03. The van der Waals surface area contributed by atoms with Gasteiger partial charge in [-0.1, -0.05) is 18.2 Å². The molecule has 7 heteroatoms. The van der Waals surface area contributed by atoms with Crippen LogP contribution in [-0.2, 0) is 13.6 Å². The second-order valence-corrected chi connectivity index (χ2v) is 4.55. The normalized spacial score (nSPS) is 12.0. The summed E-state index contributed by atoms with van der Waals surface area (Å²) in [5.74, 6) is -0.498. The zero-order valence-corrected chi connectivity index (χ0v) is 11.6. The van der Waals surface area contributed by atoms with E-state index in [0.717, 1.165) is 5.69 Å². The van der Waals surface area contributed by atoms with Crippen LogP contribution >= 0.6 is 0 Å². The molecule has 2 aromatic rings. The van der Waals surface area contributed by atoms with Crippen molar-refractivity contribution in [2.75, 3.05) is 6.54 Å². The van der Waals surface area contributed by atoms with E-state index >= 15 is 0 Å². The third-order valence-corrected chi connectivity index (χ3v) is 3.07. The first-order valence-electron chi connectivity index (χ1n) is 6.49. The summed E-state index contributed by atoms with van der Waals surface area (Å²) in [6, 6.07) is 7.26. The molecule has 3 N–H and O–H groups in total. The predicted octanol–water partition coefficient (Wildman–Crippen LogP) is 1.09. The minimum Gasteiger partial charge on any atom is -0.386 e. The minimum atomic E-state index is -1.09. The highest BCUT2D eigenvalue weighted by Crippen LogP contribution is 2.15. The maximum Gasteiger partial charge on any atom is 0.315 e. The molecule has 0 aliphatic carbocycles. The Morgan fingerprint density at radius 1 is 1.38 bits per heavy atom. The third-order valence-electron chi connectivity index (χ3n) is 3.07. The van der Waals surface area contributed by atoms with E-state index in [9.17, 15) is 14.3 Å². The first-order valence-corrected chi connectivity index (χ1v) is 6.49. The van der Waals surface area contributed by atoms with Crippen LogP contribution in [0.4, 0.5) is 9.18 Å². The van der Waals surface area contributed by atoms with Gasteiger partial charge in [0.15, 0.2) is 0 Å². The maximum absolute atomic E-state index is 13.4. The Hall–Kier alpha value is -2.41. The maximum atomic E-state index is 13.4. The highest BCUT2D eigenvalue weighted by molar-refractivity contribution is 5.73. The number of aliphatic hydroxyl groups excluding tert-OH is 1. The van der Waals surface area contributed by atoms with Crippen molar-refractivity contribution in [1.29, 1.82) is 0 Å². The average molecular weight is 292 g/mol. The van der Waals surface area contributed by atoms with Crippen LogP contribution in [0, 0.1) is 5.82 Å². The largest absolute Gasteiger partial charge is 0.386 e. The van der Waals surface area contributed by atoms with E-state index in [2.05, 4.69) is 15.7 Å². The molecule has 0 fully saturated rings. The summed E-state index contributed by atoms with van der Waals surface area (Å²) in [5, 5.41) is 19.0. The Bertz CT molecular complexity index is 615. The topological polar surface area (TPSA) is 79.2 Å². The number of rotatable bonds is 5. The average Bonchev–Trinajstić information content (AvgIpc) is 2.88. The van der Waals surface area contributed by atoms with Crippen molar-refractivity contribution in [3.63, 3.8) is 0 Å². The number of aliphatic hydroxyl groups is 1. The van der Waals surface area contributed by atoms with Crippen molar-refractivity contribution >= 4 is 6.03 Å². The Morgan fingerprint density at radius 3 is 2.81 bits per heavy atom. The minimum absolute atomic E-state index is 0.0713. The molecule has 1 heterocycles. The fourth-order valence-corrected chi connectivity index (χ4v) is 1.85. The van der Waals surface area contributed by atoms with Gasteiger partial charge in [-0.15, -0.1) is 0 Å². The zero-order valence-electron chi connectivity index (χ0n) is 11.6. The number of carbonyl (C=O) groups is 1. The summed E-state index contributed by atoms with van der Waals surface area (Å²) < 4.78 is 15.1. The van der Waals surface area contributed by atoms with Crippen LogP contribution in [0.1, 0.15) is 17.4 Å². The molecule has 21 heavy (non-hydrogen) atoms. The van der Waals surface area contributed by atoms with E-state index in [4.69, 9.17) is 0 Å². The fraction of sp³-hybridized carbons (Fsp3) is 0.286. The fourth-order valence-electron chi connectivity index (χ4n) is 1.85. The number of urea groups is 1. The highest BCUT2D eigenvalue weighted by atomic mass is 19.1. The van der Waals surface area contributed by atoms with Gasteiger partial charge in [-0.2, -0.15) is 5.10 Å². The Labute approximate surface area is 121 Å². The molecule has 1 atom stereocenters. The molecule has 0 saturated carbocycles. The second kappa shape index (κ2) is 6.85. The van der Waals surface area contributed by atoms with Crippen molar-refractivity contribution in [2.45, 2.75) is 12.6 Å². The lowest BCUT2D eigenvalue weighted by Crippen LogP contribution is -2.37. The molecule has 0 saturated heterocycles. The summed E-state index contributed by atoms with van der Waals surface area (Å²) >= 11 is 0. The number of hydrogen-bond acceptors (Lipinski definition) is 3. The van der Waals surface area contributed by atoms with E-state index in [1.54, 1.807) is 36.1 Å². The summed E-state index contributed by atoms with van der Waals surface area (Å²) in [7, 11) is 1.77. The van der Waals surface area contributed by atoms with Gasteiger partial charge in [-0.3, -0.25) is 4.68 Å². The number of benzene rings is 1. The smallest absolute Gasteiger partial charge is 0.315 e. The van der Waals surface area contributed by atoms with Gasteiger partial charge in [0.1, 0.15) is 5.82 Å². The van der Waals surface area contributed by atoms with Gasteiger partial charge in [0.05, 0.1) is 18.3 Å². The molecular weight excluding hydrogens is 275 g/mol. The molecule has 6 nitrogen and oxygen atoms in total. The number of nitrogens with one attached hydrogen (secondary N) is 2. The lowest BCUT2D eigenvalue weighted by molar-refractivity contribution is 0.169. The molecular formula is C14H17FN4O2. The zero-order chi connectivity index (χ0) is 15.2. The Kier molecular flexibility index (Phi) is 4.89. The first kappa shape index (κ1) is 15.0. The van der Waals surface area contributed by atoms with Crippen molar-refractivity contribution in [1.82, 2.24) is 20.4 Å². The van der Waals surface area contributed by atoms with Crippen molar-refractivity contribution < 1.29 is 14.3 Å². The quantitative estimate of drug-likeness (QED) is 0.772. The molecule has 0 radical (unpaired) electrons. The van der Waals surface area contributed by atoms with Crippen LogP contribution in [-0.4, -0.2) is 27.5 Å². The molecule has 0 bridgehead atoms. The van der Waals surface area contributed by atoms with Gasteiger partial charge >= 0.3 is 6.03 Å². The summed E-state index contributed by atoms with van der Waals surface area (Å²) in [6.07, 6.45) is 0.547. The van der Waals surface area contributed by atoms with Crippen LogP contribution in [0.2, 0.25) is 0 Å². The molecule has 2 amide bonds. The van der Waals surface area contributed by atoms with E-state index in [1.807, 2.05) is 0 Å². The van der Waals surface area contributed by atoms with Gasteiger partial charge in [0.2, 0.25) is 0 Å². The molecule has 0 aliphatic heterocycles. The Morgan fingerprint density at radius 2 is 2.14 bits per heavy atom. The summed E-state index contributed by atoms with van der Waals surface area (Å²) in [4.78, 5) is 11.6. The molecule has 1 aromatic carbocycles. The molecule has 1 unspecified atom stereocenters. The van der Waals surface area contributed by atoms with Crippen LogP contribution < -0.4 is 10.6 Å². The standard InChI is InChI=1S/C14H17FN4O2/c1-19-10(6-7-18-19)8-16-14(21)17-9-13(20)11-4-2-3-5-12(11)15/h2-7,13,20H,8-9H2,1H3,(H2,16,17,21). The molecule has 2 rings (SSSR count). The summed E-state index contributed by atoms with van der Waals surface area (Å²) in [5.41, 5.74) is 1.00. The van der Waals surface area contributed by atoms with Gasteiger partial charge in [-0.25, -0.2) is 9.18 Å². The number of aromatic nitrogens is 2. The second-order valence-electron chi connectivity index (χ2n) is 4.55. The number of nitrogens with zero attached hydrogens (tertiary/aromatic N) is 2. The highest BCUT2D eigenvalue weighted by Gasteiger charge is 2.13. The number of halogens is 1. The van der Waals surface area contributed by atoms with Crippen LogP contribution in [0.3, 0.4) is 0 Å². The number of hydrogen-bond donors (Lipinski definition) is 3. The van der Waals surface area contributed by atoms with E-state index < -0.39 is 18.0 Å². The van der Waals surface area contributed by atoms with E-state index in [-0.39, 0.29) is 12.1 Å². The van der Waals surface area contributed by atoms with Crippen LogP contribution in [0.15, 0.2) is 36.5 Å². The molecule has 112 valence electrons. The lowest BCUT2D eigenvalue weighted by Gasteiger charge is -2.13. The lowest BCUT2D eigenvalue weighted by atomic mass is 10.1. The van der Waals surface area contributed by atoms with E-state index in [0.29, 0.717) is 6.54 Å². The van der Waals surface area contributed by atoms with Gasteiger partial charge in [0, 0.05) is 25.4 Å². The van der Waals surface area contributed by atoms with Gasteiger partial charge < -0.3 is 15.7 Å². The van der Waals surface area contributed by atoms with Gasteiger partial charge in [-0.05, 0) is 12.1 Å².